The van der Waals surface area contributed by atoms with Gasteiger partial charge in [0.2, 0.25) is 0 Å². The zero-order valence-electron chi connectivity index (χ0n) is 8.44. The zero-order chi connectivity index (χ0) is 11.3. The molecule has 3 rings (SSSR count). The Labute approximate surface area is 90.3 Å². The van der Waals surface area contributed by atoms with Gasteiger partial charge in [0.25, 0.3) is 0 Å². The number of benzene rings is 1. The van der Waals surface area contributed by atoms with Crippen molar-refractivity contribution >= 4 is 16.7 Å². The van der Waals surface area contributed by atoms with Crippen LogP contribution in [0.4, 0.5) is 8.78 Å². The zero-order valence-corrected chi connectivity index (χ0v) is 8.44. The standard InChI is InChI=1S/C12H9F2NO/c13-6-4-8(14)11-7-2-1-3-10(16)12(7)15-9(11)5-6/h4-5,15H,1-3H2. The monoisotopic (exact) mass is 221 g/mol. The van der Waals surface area contributed by atoms with Crippen molar-refractivity contribution in [3.05, 3.63) is 35.0 Å². The Bertz CT molecular complexity index is 601. The van der Waals surface area contributed by atoms with Crippen LogP contribution in [0.2, 0.25) is 0 Å². The van der Waals surface area contributed by atoms with Crippen LogP contribution < -0.4 is 0 Å². The molecule has 0 saturated heterocycles. The van der Waals surface area contributed by atoms with E-state index < -0.39 is 11.6 Å². The Morgan fingerprint density at radius 3 is 2.81 bits per heavy atom. The number of aromatic nitrogens is 1. The maximum absolute atomic E-state index is 13.6. The molecule has 0 unspecified atom stereocenters. The highest BCUT2D eigenvalue weighted by atomic mass is 19.1. The van der Waals surface area contributed by atoms with Gasteiger partial charge in [-0.15, -0.1) is 0 Å². The summed E-state index contributed by atoms with van der Waals surface area (Å²) in [6, 6.07) is 2.08. The minimum atomic E-state index is -0.629. The lowest BCUT2D eigenvalue weighted by Crippen LogP contribution is -2.09. The molecule has 4 heteroatoms. The summed E-state index contributed by atoms with van der Waals surface area (Å²) in [7, 11) is 0. The highest BCUT2D eigenvalue weighted by Gasteiger charge is 2.23. The summed E-state index contributed by atoms with van der Waals surface area (Å²) in [6.45, 7) is 0. The number of carbonyl (C=O) groups is 1. The second kappa shape index (κ2) is 3.14. The Hall–Kier alpha value is -1.71. The summed E-state index contributed by atoms with van der Waals surface area (Å²) < 4.78 is 26.6. The number of H-pyrrole nitrogens is 1. The van der Waals surface area contributed by atoms with Crippen LogP contribution in [-0.4, -0.2) is 10.8 Å². The first-order valence-corrected chi connectivity index (χ1v) is 5.19. The minimum Gasteiger partial charge on any atom is -0.352 e. The molecule has 0 saturated carbocycles. The fraction of sp³-hybridized carbons (Fsp3) is 0.250. The lowest BCUT2D eigenvalue weighted by molar-refractivity contribution is 0.0968. The van der Waals surface area contributed by atoms with E-state index >= 15 is 0 Å². The third-order valence-electron chi connectivity index (χ3n) is 3.03. The van der Waals surface area contributed by atoms with E-state index in [9.17, 15) is 13.6 Å². The molecule has 1 aromatic heterocycles. The first kappa shape index (κ1) is 9.51. The molecule has 0 bridgehead atoms. The van der Waals surface area contributed by atoms with Gasteiger partial charge >= 0.3 is 0 Å². The molecule has 0 aliphatic heterocycles. The van der Waals surface area contributed by atoms with Crippen molar-refractivity contribution in [3.63, 3.8) is 0 Å². The van der Waals surface area contributed by atoms with Gasteiger partial charge in [-0.2, -0.15) is 0 Å². The van der Waals surface area contributed by atoms with E-state index in [1.165, 1.54) is 6.07 Å². The Morgan fingerprint density at radius 1 is 1.19 bits per heavy atom. The van der Waals surface area contributed by atoms with Crippen LogP contribution in [0.5, 0.6) is 0 Å². The molecule has 1 heterocycles. The number of aromatic amines is 1. The van der Waals surface area contributed by atoms with Crippen LogP contribution in [0.1, 0.15) is 28.9 Å². The van der Waals surface area contributed by atoms with Crippen molar-refractivity contribution in [2.24, 2.45) is 0 Å². The number of carbonyl (C=O) groups excluding carboxylic acids is 1. The van der Waals surface area contributed by atoms with Gasteiger partial charge < -0.3 is 4.98 Å². The van der Waals surface area contributed by atoms with Gasteiger partial charge in [-0.3, -0.25) is 4.79 Å². The number of ketones is 1. The van der Waals surface area contributed by atoms with Crippen LogP contribution in [0.15, 0.2) is 12.1 Å². The van der Waals surface area contributed by atoms with E-state index in [-0.39, 0.29) is 5.78 Å². The molecular formula is C12H9F2NO. The fourth-order valence-electron chi connectivity index (χ4n) is 2.35. The second-order valence-electron chi connectivity index (χ2n) is 4.07. The van der Waals surface area contributed by atoms with Crippen LogP contribution in [-0.2, 0) is 6.42 Å². The quantitative estimate of drug-likeness (QED) is 0.728. The summed E-state index contributed by atoms with van der Waals surface area (Å²) in [5.41, 5.74) is 1.52. The van der Waals surface area contributed by atoms with Crippen molar-refractivity contribution < 1.29 is 13.6 Å². The number of hydrogen-bond acceptors (Lipinski definition) is 1. The molecule has 0 radical (unpaired) electrons. The van der Waals surface area contributed by atoms with Gasteiger partial charge in [-0.1, -0.05) is 0 Å². The highest BCUT2D eigenvalue weighted by molar-refractivity contribution is 6.03. The molecule has 82 valence electrons. The van der Waals surface area contributed by atoms with Crippen molar-refractivity contribution in [3.8, 4) is 0 Å². The number of halogens is 2. The highest BCUT2D eigenvalue weighted by Crippen LogP contribution is 2.31. The average Bonchev–Trinajstić information content (AvgIpc) is 2.57. The second-order valence-corrected chi connectivity index (χ2v) is 4.07. The summed E-state index contributed by atoms with van der Waals surface area (Å²) in [6.07, 6.45) is 1.88. The summed E-state index contributed by atoms with van der Waals surface area (Å²) in [5, 5.41) is 0.365. The molecule has 1 N–H and O–H groups in total. The topological polar surface area (TPSA) is 32.9 Å². The lowest BCUT2D eigenvalue weighted by atomic mass is 9.94. The molecule has 0 spiro atoms. The fourth-order valence-corrected chi connectivity index (χ4v) is 2.35. The molecular weight excluding hydrogens is 212 g/mol. The summed E-state index contributed by atoms with van der Waals surface area (Å²) >= 11 is 0. The first-order chi connectivity index (χ1) is 7.66. The van der Waals surface area contributed by atoms with Gasteiger partial charge in [0.05, 0.1) is 11.2 Å². The first-order valence-electron chi connectivity index (χ1n) is 5.19. The number of fused-ring (bicyclic) bond motifs is 3. The van der Waals surface area contributed by atoms with Gasteiger partial charge in [-0.05, 0) is 24.5 Å². The molecule has 1 aromatic carbocycles. The number of Topliss-reactive ketones (excluding diaryl/α,β-unsaturated/α-hetero) is 1. The molecule has 2 aromatic rings. The molecule has 16 heavy (non-hydrogen) atoms. The smallest absolute Gasteiger partial charge is 0.179 e. The van der Waals surface area contributed by atoms with Crippen molar-refractivity contribution in [2.75, 3.05) is 0 Å². The minimum absolute atomic E-state index is 0.0164. The molecule has 0 amide bonds. The lowest BCUT2D eigenvalue weighted by Gasteiger charge is -2.09. The van der Waals surface area contributed by atoms with Gasteiger partial charge in [0, 0.05) is 17.9 Å². The average molecular weight is 221 g/mol. The van der Waals surface area contributed by atoms with E-state index in [0.717, 1.165) is 12.5 Å². The summed E-state index contributed by atoms with van der Waals surface area (Å²) in [4.78, 5) is 14.4. The molecule has 0 fully saturated rings. The maximum Gasteiger partial charge on any atom is 0.179 e. The SMILES string of the molecule is O=C1CCCc2c1[nH]c1cc(F)cc(F)c21. The van der Waals surface area contributed by atoms with Gasteiger partial charge in [-0.25, -0.2) is 8.78 Å². The van der Waals surface area contributed by atoms with Crippen molar-refractivity contribution in [1.82, 2.24) is 4.98 Å². The third-order valence-corrected chi connectivity index (χ3v) is 3.03. The van der Waals surface area contributed by atoms with E-state index in [2.05, 4.69) is 4.98 Å². The predicted octanol–water partition coefficient (Wildman–Crippen LogP) is 2.97. The van der Waals surface area contributed by atoms with Crippen LogP contribution in [0, 0.1) is 11.6 Å². The van der Waals surface area contributed by atoms with Gasteiger partial charge in [0.1, 0.15) is 11.6 Å². The van der Waals surface area contributed by atoms with Crippen molar-refractivity contribution in [2.45, 2.75) is 19.3 Å². The molecule has 0 atom stereocenters. The Balaban J connectivity index is 2.40. The van der Waals surface area contributed by atoms with Crippen molar-refractivity contribution in [1.29, 1.82) is 0 Å². The Morgan fingerprint density at radius 2 is 2.00 bits per heavy atom. The van der Waals surface area contributed by atoms with E-state index in [1.54, 1.807) is 0 Å². The predicted molar refractivity (Wildman–Crippen MR) is 55.5 cm³/mol. The van der Waals surface area contributed by atoms with E-state index in [4.69, 9.17) is 0 Å². The summed E-state index contributed by atoms with van der Waals surface area (Å²) in [5.74, 6) is -1.24. The number of hydrogen-bond donors (Lipinski definition) is 1. The van der Waals surface area contributed by atoms with Crippen LogP contribution >= 0.6 is 0 Å². The molecule has 1 aliphatic carbocycles. The number of aryl methyl sites for hydroxylation is 1. The molecule has 1 aliphatic rings. The normalized spacial score (nSPS) is 15.5. The van der Waals surface area contributed by atoms with E-state index in [0.29, 0.717) is 35.0 Å². The van der Waals surface area contributed by atoms with Crippen LogP contribution in [0.3, 0.4) is 0 Å². The van der Waals surface area contributed by atoms with E-state index in [1.807, 2.05) is 0 Å². The van der Waals surface area contributed by atoms with Crippen LogP contribution in [0.25, 0.3) is 10.9 Å². The number of nitrogens with one attached hydrogen (secondary N) is 1. The number of rotatable bonds is 0. The Kier molecular flexibility index (Phi) is 1.87. The largest absolute Gasteiger partial charge is 0.352 e. The maximum atomic E-state index is 13.6. The molecule has 2 nitrogen and oxygen atoms in total. The van der Waals surface area contributed by atoms with Gasteiger partial charge in [0.15, 0.2) is 5.78 Å². The third kappa shape index (κ3) is 1.19.